The molecule has 0 bridgehead atoms. The first-order valence-corrected chi connectivity index (χ1v) is 15.1. The normalized spacial score (nSPS) is 9.07. The number of fused-ring (bicyclic) bond motifs is 1. The third-order valence-electron chi connectivity index (χ3n) is 4.10. The molecule has 0 aliphatic rings. The van der Waals surface area contributed by atoms with Crippen molar-refractivity contribution in [2.45, 2.75) is 26.9 Å². The topological polar surface area (TPSA) is 0 Å². The molecule has 0 spiro atoms. The first kappa shape index (κ1) is 27.1. The van der Waals surface area contributed by atoms with Gasteiger partial charge >= 0.3 is 41.9 Å². The Bertz CT molecular complexity index is 937. The standard InChI is InChI=1S/C11H11.C11H9.C2H6Si.2ClH.Zr/c1-8-7-10-5-3-4-6-11(10)9(8)2;1-2-6-10(7-3-1)11-8-4-5-9-11;1-3-2;;;/h3-7H,1-2H3;1-9H;1-2H3;2*1H;/q2*-1;;;;+2/p-2. The molecule has 0 heterocycles. The molecule has 0 aromatic heterocycles. The minimum atomic E-state index is 0. The minimum Gasteiger partial charge on any atom is -1.00 e. The van der Waals surface area contributed by atoms with Crippen LogP contribution in [0.2, 0.25) is 13.1 Å². The first-order valence-electron chi connectivity index (χ1n) is 8.89. The molecule has 0 atom stereocenters. The van der Waals surface area contributed by atoms with Gasteiger partial charge in [0.25, 0.3) is 0 Å². The number of hydrogen-bond acceptors (Lipinski definition) is 0. The van der Waals surface area contributed by atoms with E-state index in [-0.39, 0.29) is 30.2 Å². The Labute approximate surface area is 197 Å². The first-order chi connectivity index (χ1) is 12.5. The summed E-state index contributed by atoms with van der Waals surface area (Å²) in [4.78, 5) is 0. The van der Waals surface area contributed by atoms with Gasteiger partial charge in [0.1, 0.15) is 0 Å². The quantitative estimate of drug-likeness (QED) is 0.269. The van der Waals surface area contributed by atoms with Crippen LogP contribution in [-0.2, 0) is 23.3 Å². The van der Waals surface area contributed by atoms with Gasteiger partial charge < -0.3 is 24.8 Å². The molecular weight excluding hydrogens is 478 g/mol. The summed E-state index contributed by atoms with van der Waals surface area (Å²) in [5, 5.41) is 2.76. The van der Waals surface area contributed by atoms with Crippen molar-refractivity contribution in [3.8, 4) is 11.1 Å². The van der Waals surface area contributed by atoms with E-state index in [1.165, 1.54) is 33.0 Å². The summed E-state index contributed by atoms with van der Waals surface area (Å²) in [5.74, 6) is 0. The Morgan fingerprint density at radius 1 is 0.786 bits per heavy atom. The summed E-state index contributed by atoms with van der Waals surface area (Å²) < 4.78 is 0. The van der Waals surface area contributed by atoms with E-state index in [0.29, 0.717) is 0 Å². The zero-order chi connectivity index (χ0) is 18.9. The van der Waals surface area contributed by atoms with Gasteiger partial charge in [-0.2, -0.15) is 29.3 Å². The molecule has 4 aromatic carbocycles. The monoisotopic (exact) mass is 502 g/mol. The Kier molecular flexibility index (Phi) is 13.7. The predicted octanol–water partition coefficient (Wildman–Crippen LogP) is 1.04. The van der Waals surface area contributed by atoms with Gasteiger partial charge in [-0.15, -0.1) is 40.6 Å². The Balaban J connectivity index is 0.000000415. The third-order valence-corrected chi connectivity index (χ3v) is 4.10. The van der Waals surface area contributed by atoms with E-state index >= 15 is 0 Å². The Morgan fingerprint density at radius 3 is 1.89 bits per heavy atom. The molecule has 0 nitrogen and oxygen atoms in total. The molecule has 0 radical (unpaired) electrons. The van der Waals surface area contributed by atoms with E-state index in [1.807, 2.05) is 6.07 Å². The fraction of sp³-hybridized carbons (Fsp3) is 0.167. The van der Waals surface area contributed by atoms with Crippen LogP contribution in [0.1, 0.15) is 11.1 Å². The molecule has 4 rings (SSSR count). The molecule has 0 aliphatic carbocycles. The molecule has 0 saturated carbocycles. The minimum absolute atomic E-state index is 0. The molecule has 28 heavy (non-hydrogen) atoms. The van der Waals surface area contributed by atoms with Gasteiger partial charge in [-0.3, -0.25) is 0 Å². The van der Waals surface area contributed by atoms with Gasteiger partial charge in [-0.05, 0) is 0 Å². The number of halogens is 2. The largest absolute Gasteiger partial charge is 1.00 e. The van der Waals surface area contributed by atoms with Crippen molar-refractivity contribution in [3.63, 3.8) is 0 Å². The Hall–Kier alpha value is -0.920. The van der Waals surface area contributed by atoms with Crippen molar-refractivity contribution < 1.29 is 48.1 Å². The number of hydrogen-bond donors (Lipinski definition) is 0. The van der Waals surface area contributed by atoms with Crippen LogP contribution < -0.4 is 24.8 Å². The van der Waals surface area contributed by atoms with Gasteiger partial charge in [-0.25, -0.2) is 6.07 Å². The molecule has 0 unspecified atom stereocenters. The van der Waals surface area contributed by atoms with Crippen molar-refractivity contribution in [2.75, 3.05) is 0 Å². The smallest absolute Gasteiger partial charge is 0.0576 e. The van der Waals surface area contributed by atoms with Crippen molar-refractivity contribution in [1.29, 1.82) is 0 Å². The van der Waals surface area contributed by atoms with Gasteiger partial charge in [0.15, 0.2) is 0 Å². The van der Waals surface area contributed by atoms with E-state index in [1.54, 1.807) is 23.3 Å². The second-order valence-electron chi connectivity index (χ2n) is 6.58. The average molecular weight is 505 g/mol. The van der Waals surface area contributed by atoms with Crippen LogP contribution in [0.25, 0.3) is 21.9 Å². The molecule has 0 fully saturated rings. The van der Waals surface area contributed by atoms with Crippen LogP contribution in [0, 0.1) is 13.8 Å². The van der Waals surface area contributed by atoms with Crippen LogP contribution in [0.5, 0.6) is 0 Å². The molecule has 0 aliphatic heterocycles. The number of aryl methyl sites for hydroxylation is 2. The summed E-state index contributed by atoms with van der Waals surface area (Å²) >= 11 is 1.74. The number of benzene rings is 2. The maximum absolute atomic E-state index is 2.31. The van der Waals surface area contributed by atoms with Crippen LogP contribution >= 0.6 is 0 Å². The van der Waals surface area contributed by atoms with Crippen LogP contribution in [-0.4, -0.2) is 5.43 Å². The van der Waals surface area contributed by atoms with E-state index in [2.05, 4.69) is 106 Å². The van der Waals surface area contributed by atoms with Gasteiger partial charge in [0, 0.05) is 0 Å². The second kappa shape index (κ2) is 14.1. The van der Waals surface area contributed by atoms with Gasteiger partial charge in [0.2, 0.25) is 0 Å². The summed E-state index contributed by atoms with van der Waals surface area (Å²) in [7, 11) is 0. The van der Waals surface area contributed by atoms with Crippen LogP contribution in [0.15, 0.2) is 84.9 Å². The molecule has 0 saturated heterocycles. The zero-order valence-corrected chi connectivity index (χ0v) is 21.8. The summed E-state index contributed by atoms with van der Waals surface area (Å²) in [5.41, 5.74) is 5.61. The fourth-order valence-electron chi connectivity index (χ4n) is 2.72. The molecule has 4 aromatic rings. The van der Waals surface area contributed by atoms with Crippen LogP contribution in [0.4, 0.5) is 0 Å². The average Bonchev–Trinajstić information content (AvgIpc) is 3.26. The second-order valence-corrected chi connectivity index (χ2v) is 16.0. The molecule has 146 valence electrons. The maximum Gasteiger partial charge on any atom is -0.0576 e. The molecular formula is C24H26Cl2SiZr-2. The SMILES string of the molecule is C[Si](C)=[Zr+2].Cc1[cH-]c2ccccc2c1C.[Cl-].[Cl-].c1ccc(-c2cc[cH-]c2)cc1. The zero-order valence-electron chi connectivity index (χ0n) is 16.8. The summed E-state index contributed by atoms with van der Waals surface area (Å²) in [6, 6.07) is 29.5. The van der Waals surface area contributed by atoms with Crippen molar-refractivity contribution in [1.82, 2.24) is 0 Å². The maximum atomic E-state index is 2.31. The molecule has 0 amide bonds. The van der Waals surface area contributed by atoms with E-state index in [0.717, 1.165) is 0 Å². The number of rotatable bonds is 1. The van der Waals surface area contributed by atoms with Crippen LogP contribution in [0.3, 0.4) is 0 Å². The van der Waals surface area contributed by atoms with Gasteiger partial charge in [0.05, 0.1) is 0 Å². The fourth-order valence-corrected chi connectivity index (χ4v) is 2.72. The van der Waals surface area contributed by atoms with Crippen molar-refractivity contribution >= 4 is 16.2 Å². The van der Waals surface area contributed by atoms with Crippen molar-refractivity contribution in [3.05, 3.63) is 96.1 Å². The van der Waals surface area contributed by atoms with E-state index in [4.69, 9.17) is 0 Å². The van der Waals surface area contributed by atoms with E-state index < -0.39 is 0 Å². The molecule has 4 heteroatoms. The molecule has 0 N–H and O–H groups in total. The van der Waals surface area contributed by atoms with Gasteiger partial charge in [-0.1, -0.05) is 55.8 Å². The third kappa shape index (κ3) is 8.62. The van der Waals surface area contributed by atoms with Crippen molar-refractivity contribution in [2.24, 2.45) is 0 Å². The van der Waals surface area contributed by atoms with E-state index in [9.17, 15) is 0 Å². The summed E-state index contributed by atoms with van der Waals surface area (Å²) in [6.07, 6.45) is 0. The Morgan fingerprint density at radius 2 is 1.36 bits per heavy atom. The predicted molar refractivity (Wildman–Crippen MR) is 114 cm³/mol. The summed E-state index contributed by atoms with van der Waals surface area (Å²) in [6.45, 7) is 8.96.